The molecule has 0 saturated carbocycles. The maximum Gasteiger partial charge on any atom is 0.308 e. The van der Waals surface area contributed by atoms with Crippen molar-refractivity contribution in [1.29, 1.82) is 0 Å². The standard InChI is InChI=1S/C22H34N2O3/c1-26-22(25)20-10-14-23(15-11-20)12-6-13-24(18-21-9-5-16-27-21)17-19-7-3-2-4-8-19/h2-4,7-8,20-21H,5-6,9-18H2,1H3/t21-/m0/s1. The van der Waals surface area contributed by atoms with Crippen LogP contribution in [-0.2, 0) is 20.8 Å². The van der Waals surface area contributed by atoms with Crippen molar-refractivity contribution < 1.29 is 14.3 Å². The molecule has 3 rings (SSSR count). The highest BCUT2D eigenvalue weighted by Crippen LogP contribution is 2.19. The van der Waals surface area contributed by atoms with Crippen LogP contribution in [0, 0.1) is 5.92 Å². The molecular formula is C22H34N2O3. The van der Waals surface area contributed by atoms with Gasteiger partial charge in [-0.2, -0.15) is 0 Å². The van der Waals surface area contributed by atoms with E-state index in [4.69, 9.17) is 9.47 Å². The predicted octanol–water partition coefficient (Wildman–Crippen LogP) is 2.94. The average molecular weight is 375 g/mol. The number of ether oxygens (including phenoxy) is 2. The minimum absolute atomic E-state index is 0.0414. The number of methoxy groups -OCH3 is 1. The average Bonchev–Trinajstić information content (AvgIpc) is 3.21. The number of carbonyl (C=O) groups excluding carboxylic acids is 1. The normalized spacial score (nSPS) is 21.6. The molecule has 0 aromatic heterocycles. The van der Waals surface area contributed by atoms with Crippen LogP contribution in [-0.4, -0.2) is 68.3 Å². The number of nitrogens with zero attached hydrogens (tertiary/aromatic N) is 2. The predicted molar refractivity (Wildman–Crippen MR) is 106 cm³/mol. The molecule has 5 nitrogen and oxygen atoms in total. The fraction of sp³-hybridized carbons (Fsp3) is 0.682. The van der Waals surface area contributed by atoms with Crippen LogP contribution in [0.2, 0.25) is 0 Å². The summed E-state index contributed by atoms with van der Waals surface area (Å²) in [7, 11) is 1.49. The third kappa shape index (κ3) is 6.59. The largest absolute Gasteiger partial charge is 0.469 e. The highest BCUT2D eigenvalue weighted by Gasteiger charge is 2.25. The van der Waals surface area contributed by atoms with Crippen LogP contribution in [0.25, 0.3) is 0 Å². The van der Waals surface area contributed by atoms with Gasteiger partial charge in [0.2, 0.25) is 0 Å². The molecular weight excluding hydrogens is 340 g/mol. The summed E-state index contributed by atoms with van der Waals surface area (Å²) >= 11 is 0. The van der Waals surface area contributed by atoms with Crippen LogP contribution in [0.4, 0.5) is 0 Å². The summed E-state index contributed by atoms with van der Waals surface area (Å²) in [5, 5.41) is 0. The first-order chi connectivity index (χ1) is 13.2. The molecule has 0 aliphatic carbocycles. The Labute approximate surface area is 163 Å². The van der Waals surface area contributed by atoms with Crippen molar-refractivity contribution in [2.45, 2.75) is 44.8 Å². The van der Waals surface area contributed by atoms with E-state index in [0.717, 1.165) is 65.1 Å². The van der Waals surface area contributed by atoms with Gasteiger partial charge in [-0.3, -0.25) is 9.69 Å². The van der Waals surface area contributed by atoms with Crippen LogP contribution in [0.1, 0.15) is 37.7 Å². The van der Waals surface area contributed by atoms with E-state index < -0.39 is 0 Å². The smallest absolute Gasteiger partial charge is 0.308 e. The van der Waals surface area contributed by atoms with E-state index in [9.17, 15) is 4.79 Å². The lowest BCUT2D eigenvalue weighted by Gasteiger charge is -2.31. The summed E-state index contributed by atoms with van der Waals surface area (Å²) in [5.74, 6) is 0.0561. The quantitative estimate of drug-likeness (QED) is 0.622. The van der Waals surface area contributed by atoms with Crippen LogP contribution >= 0.6 is 0 Å². The first-order valence-electron chi connectivity index (χ1n) is 10.4. The summed E-state index contributed by atoms with van der Waals surface area (Å²) in [5.41, 5.74) is 1.37. The summed E-state index contributed by atoms with van der Waals surface area (Å²) in [6.45, 7) is 7.13. The first-order valence-corrected chi connectivity index (χ1v) is 10.4. The minimum atomic E-state index is -0.0414. The number of hydrogen-bond donors (Lipinski definition) is 0. The number of carbonyl (C=O) groups is 1. The van der Waals surface area contributed by atoms with Gasteiger partial charge in [-0.25, -0.2) is 0 Å². The molecule has 2 heterocycles. The molecule has 150 valence electrons. The molecule has 0 spiro atoms. The molecule has 2 aliphatic rings. The van der Waals surface area contributed by atoms with Crippen molar-refractivity contribution in [1.82, 2.24) is 9.80 Å². The van der Waals surface area contributed by atoms with Crippen molar-refractivity contribution in [3.05, 3.63) is 35.9 Å². The number of esters is 1. The zero-order valence-electron chi connectivity index (χ0n) is 16.6. The molecule has 1 aromatic carbocycles. The molecule has 0 amide bonds. The van der Waals surface area contributed by atoms with Gasteiger partial charge in [0.25, 0.3) is 0 Å². The van der Waals surface area contributed by atoms with Gasteiger partial charge in [-0.1, -0.05) is 30.3 Å². The van der Waals surface area contributed by atoms with Crippen molar-refractivity contribution in [3.63, 3.8) is 0 Å². The molecule has 2 fully saturated rings. The lowest BCUT2D eigenvalue weighted by atomic mass is 9.97. The molecule has 0 N–H and O–H groups in total. The van der Waals surface area contributed by atoms with E-state index in [2.05, 4.69) is 40.1 Å². The fourth-order valence-corrected chi connectivity index (χ4v) is 4.23. The van der Waals surface area contributed by atoms with E-state index in [-0.39, 0.29) is 11.9 Å². The second-order valence-corrected chi connectivity index (χ2v) is 7.85. The number of rotatable bonds is 9. The summed E-state index contributed by atoms with van der Waals surface area (Å²) in [6.07, 6.45) is 5.78. The van der Waals surface area contributed by atoms with Gasteiger partial charge in [0.05, 0.1) is 19.1 Å². The molecule has 0 bridgehead atoms. The van der Waals surface area contributed by atoms with Crippen molar-refractivity contribution in [2.24, 2.45) is 5.92 Å². The Morgan fingerprint density at radius 1 is 1.22 bits per heavy atom. The number of likely N-dealkylation sites (tertiary alicyclic amines) is 1. The second kappa shape index (κ2) is 10.8. The second-order valence-electron chi connectivity index (χ2n) is 7.85. The van der Waals surface area contributed by atoms with Gasteiger partial charge in [-0.15, -0.1) is 0 Å². The van der Waals surface area contributed by atoms with Gasteiger partial charge >= 0.3 is 5.97 Å². The number of piperidine rings is 1. The molecule has 27 heavy (non-hydrogen) atoms. The van der Waals surface area contributed by atoms with Gasteiger partial charge in [-0.05, 0) is 63.8 Å². The maximum absolute atomic E-state index is 11.7. The highest BCUT2D eigenvalue weighted by atomic mass is 16.5. The lowest BCUT2D eigenvalue weighted by molar-refractivity contribution is -0.147. The van der Waals surface area contributed by atoms with Crippen molar-refractivity contribution >= 4 is 5.97 Å². The Balaban J connectivity index is 1.42. The number of hydrogen-bond acceptors (Lipinski definition) is 5. The van der Waals surface area contributed by atoms with Crippen LogP contribution in [0.5, 0.6) is 0 Å². The van der Waals surface area contributed by atoms with Gasteiger partial charge in [0.1, 0.15) is 0 Å². The Morgan fingerprint density at radius 2 is 2.00 bits per heavy atom. The van der Waals surface area contributed by atoms with E-state index in [1.54, 1.807) is 0 Å². The molecule has 0 radical (unpaired) electrons. The molecule has 0 unspecified atom stereocenters. The fourth-order valence-electron chi connectivity index (χ4n) is 4.23. The SMILES string of the molecule is COC(=O)C1CCN(CCCN(Cc2ccccc2)C[C@@H]2CCCO2)CC1. The Hall–Kier alpha value is -1.43. The van der Waals surface area contributed by atoms with Gasteiger partial charge in [0.15, 0.2) is 0 Å². The topological polar surface area (TPSA) is 42.0 Å². The summed E-state index contributed by atoms with van der Waals surface area (Å²) in [6, 6.07) is 10.7. The van der Waals surface area contributed by atoms with E-state index in [0.29, 0.717) is 6.10 Å². The maximum atomic E-state index is 11.7. The molecule has 1 aromatic rings. The van der Waals surface area contributed by atoms with Crippen molar-refractivity contribution in [3.8, 4) is 0 Å². The van der Waals surface area contributed by atoms with Gasteiger partial charge in [0, 0.05) is 19.7 Å². The van der Waals surface area contributed by atoms with E-state index >= 15 is 0 Å². The third-order valence-electron chi connectivity index (χ3n) is 5.81. The Kier molecular flexibility index (Phi) is 8.11. The third-order valence-corrected chi connectivity index (χ3v) is 5.81. The van der Waals surface area contributed by atoms with Crippen molar-refractivity contribution in [2.75, 3.05) is 46.4 Å². The molecule has 2 saturated heterocycles. The van der Waals surface area contributed by atoms with Crippen LogP contribution in [0.15, 0.2) is 30.3 Å². The molecule has 1 atom stereocenters. The van der Waals surface area contributed by atoms with E-state index in [1.807, 2.05) is 0 Å². The molecule has 5 heteroatoms. The Bertz CT molecular complexity index is 552. The van der Waals surface area contributed by atoms with E-state index in [1.165, 1.54) is 25.5 Å². The lowest BCUT2D eigenvalue weighted by Crippen LogP contribution is -2.39. The van der Waals surface area contributed by atoms with Crippen LogP contribution in [0.3, 0.4) is 0 Å². The highest BCUT2D eigenvalue weighted by molar-refractivity contribution is 5.72. The number of benzene rings is 1. The first kappa shape index (κ1) is 20.3. The zero-order valence-corrected chi connectivity index (χ0v) is 16.6. The summed E-state index contributed by atoms with van der Waals surface area (Å²) in [4.78, 5) is 16.7. The zero-order chi connectivity index (χ0) is 18.9. The molecule has 2 aliphatic heterocycles. The van der Waals surface area contributed by atoms with Gasteiger partial charge < -0.3 is 14.4 Å². The monoisotopic (exact) mass is 374 g/mol. The minimum Gasteiger partial charge on any atom is -0.469 e. The Morgan fingerprint density at radius 3 is 2.67 bits per heavy atom. The summed E-state index contributed by atoms with van der Waals surface area (Å²) < 4.78 is 10.7. The van der Waals surface area contributed by atoms with Crippen LogP contribution < -0.4 is 0 Å².